The Kier molecular flexibility index (Phi) is 13.5. The Hall–Kier alpha value is -9.49. The van der Waals surface area contributed by atoms with E-state index in [-0.39, 0.29) is 35.3 Å². The molecule has 0 fully saturated rings. The Bertz CT molecular complexity index is 3680. The number of nitrogens with zero attached hydrogens (tertiary/aromatic N) is 14. The number of amides is 2. The van der Waals surface area contributed by atoms with E-state index in [4.69, 9.17) is 26.0 Å². The van der Waals surface area contributed by atoms with Gasteiger partial charge in [-0.15, -0.1) is 10.2 Å². The lowest BCUT2D eigenvalue weighted by Crippen LogP contribution is -2.25. The molecule has 0 atom stereocenters. The number of anilines is 3. The van der Waals surface area contributed by atoms with Crippen LogP contribution in [-0.4, -0.2) is 108 Å². The van der Waals surface area contributed by atoms with Crippen molar-refractivity contribution in [2.24, 2.45) is 5.73 Å². The molecule has 8 aromatic heterocycles. The number of sulfone groups is 1. The zero-order chi connectivity index (χ0) is 51.3. The number of pyridine rings is 2. The van der Waals surface area contributed by atoms with Crippen LogP contribution in [0.4, 0.5) is 17.8 Å². The summed E-state index contributed by atoms with van der Waals surface area (Å²) in [5, 5.41) is 11.1. The number of aromatic nitrogens is 12. The first kappa shape index (κ1) is 48.2. The van der Waals surface area contributed by atoms with E-state index in [2.05, 4.69) is 55.4 Å². The van der Waals surface area contributed by atoms with Gasteiger partial charge in [-0.3, -0.25) is 19.6 Å². The average molecular weight is 1020 g/mol. The molecular formula is C49H46N18O6S. The summed E-state index contributed by atoms with van der Waals surface area (Å²) in [4.78, 5) is 62.2. The molecule has 10 aromatic rings. The van der Waals surface area contributed by atoms with Crippen LogP contribution in [0, 0.1) is 0 Å². The van der Waals surface area contributed by atoms with Gasteiger partial charge >= 0.3 is 0 Å². The number of benzene rings is 2. The van der Waals surface area contributed by atoms with Gasteiger partial charge in [0.1, 0.15) is 0 Å². The average Bonchev–Trinajstić information content (AvgIpc) is 4.27. The molecule has 0 unspecified atom stereocenters. The van der Waals surface area contributed by atoms with Gasteiger partial charge in [0, 0.05) is 49.4 Å². The van der Waals surface area contributed by atoms with Crippen molar-refractivity contribution in [1.29, 1.82) is 0 Å². The van der Waals surface area contributed by atoms with Gasteiger partial charge in [0.2, 0.25) is 39.3 Å². The third-order valence-electron chi connectivity index (χ3n) is 11.7. The standard InChI is InChI=1S/C24H21N9O2.C16H17N3O.C9H8N6O3S/c25-22-29-23(30-24-28-20(31-33(22)24)19-4-2-12-35-19)27-11-9-15-5-7-16(8-6-15)21(34)32-13-17-3-1-10-26-18(17)14-32;17-8-7-12-3-5-13(6-4-12)16(20)19-10-14-2-1-9-18-15(14)11-19;1-19(16,17)9-12-7(10)15-8(13-9)11-6(14-15)5-3-2-4-18-5/h1-8,10,12H,9,11,13-14H2,(H3,25,27,28,29,30,31);1-6,9H,7-8,10-11,17H2;2-4H,1H3,(H2,10,11,12,13,14). The maximum absolute atomic E-state index is 12.9. The van der Waals surface area contributed by atoms with Crippen LogP contribution < -0.4 is 22.5 Å². The zero-order valence-corrected chi connectivity index (χ0v) is 40.4. The molecular weight excluding hydrogens is 969 g/mol. The first-order chi connectivity index (χ1) is 35.9. The van der Waals surface area contributed by atoms with E-state index >= 15 is 0 Å². The minimum Gasteiger partial charge on any atom is -0.461 e. The van der Waals surface area contributed by atoms with Crippen LogP contribution in [0.3, 0.4) is 0 Å². The lowest BCUT2D eigenvalue weighted by atomic mass is 10.1. The first-order valence-corrected chi connectivity index (χ1v) is 24.9. The number of hydrogen-bond acceptors (Lipinski definition) is 20. The maximum atomic E-state index is 12.9. The number of hydrogen-bond donors (Lipinski definition) is 4. The molecule has 24 nitrogen and oxygen atoms in total. The summed E-state index contributed by atoms with van der Waals surface area (Å²) in [6.45, 7) is 3.58. The highest BCUT2D eigenvalue weighted by Crippen LogP contribution is 2.25. The normalized spacial score (nSPS) is 12.7. The second-order valence-electron chi connectivity index (χ2n) is 16.9. The highest BCUT2D eigenvalue weighted by atomic mass is 32.2. The Labute approximate surface area is 421 Å². The summed E-state index contributed by atoms with van der Waals surface area (Å²) < 4.78 is 35.8. The van der Waals surface area contributed by atoms with E-state index in [1.165, 1.54) is 10.8 Å². The fraction of sp³-hybridized carbons (Fsp3) is 0.184. The third kappa shape index (κ3) is 10.6. The van der Waals surface area contributed by atoms with Gasteiger partial charge in [0.05, 0.1) is 37.0 Å². The van der Waals surface area contributed by atoms with Gasteiger partial charge < -0.3 is 41.2 Å². The van der Waals surface area contributed by atoms with Crippen LogP contribution >= 0.6 is 0 Å². The minimum absolute atomic E-state index is 0.00655. The van der Waals surface area contributed by atoms with Crippen molar-refractivity contribution in [3.05, 3.63) is 167 Å². The van der Waals surface area contributed by atoms with E-state index in [1.54, 1.807) is 42.9 Å². The minimum atomic E-state index is -3.57. The highest BCUT2D eigenvalue weighted by Gasteiger charge is 2.26. The molecule has 10 heterocycles. The predicted octanol–water partition coefficient (Wildman–Crippen LogP) is 4.07. The fourth-order valence-electron chi connectivity index (χ4n) is 8.02. The number of nitrogens with two attached hydrogens (primary N) is 3. The van der Waals surface area contributed by atoms with Gasteiger partial charge in [-0.2, -0.15) is 38.9 Å². The van der Waals surface area contributed by atoms with E-state index in [0.717, 1.165) is 56.4 Å². The van der Waals surface area contributed by atoms with Gasteiger partial charge in [-0.25, -0.2) is 8.42 Å². The Morgan fingerprint density at radius 1 is 0.608 bits per heavy atom. The van der Waals surface area contributed by atoms with Crippen molar-refractivity contribution in [3.63, 3.8) is 0 Å². The Balaban J connectivity index is 0.000000137. The Morgan fingerprint density at radius 2 is 1.11 bits per heavy atom. The van der Waals surface area contributed by atoms with Crippen molar-refractivity contribution in [2.45, 2.75) is 44.2 Å². The molecule has 74 heavy (non-hydrogen) atoms. The largest absolute Gasteiger partial charge is 0.461 e. The molecule has 2 aliphatic heterocycles. The Morgan fingerprint density at radius 3 is 1.58 bits per heavy atom. The molecule has 0 bridgehead atoms. The van der Waals surface area contributed by atoms with Crippen molar-refractivity contribution in [2.75, 3.05) is 36.1 Å². The van der Waals surface area contributed by atoms with Crippen LogP contribution in [0.15, 0.2) is 136 Å². The molecule has 0 spiro atoms. The molecule has 2 amide bonds. The van der Waals surface area contributed by atoms with E-state index < -0.39 is 15.0 Å². The van der Waals surface area contributed by atoms with Crippen LogP contribution in [0.5, 0.6) is 0 Å². The number of nitrogen functional groups attached to an aromatic ring is 2. The molecule has 2 aliphatic rings. The number of carbonyl (C=O) groups excluding carboxylic acids is 2. The summed E-state index contributed by atoms with van der Waals surface area (Å²) in [6, 6.07) is 30.1. The van der Waals surface area contributed by atoms with Gasteiger partial charge in [0.15, 0.2) is 11.5 Å². The zero-order valence-electron chi connectivity index (χ0n) is 39.6. The molecule has 0 radical (unpaired) electrons. The lowest BCUT2D eigenvalue weighted by molar-refractivity contribution is 0.0743. The van der Waals surface area contributed by atoms with Gasteiger partial charge in [-0.1, -0.05) is 36.4 Å². The molecule has 374 valence electrons. The smallest absolute Gasteiger partial charge is 0.259 e. The van der Waals surface area contributed by atoms with Gasteiger partial charge in [-0.05, 0) is 102 Å². The SMILES string of the molecule is CS(=O)(=O)c1nc(N)n2nc(-c3ccco3)nc2n1.NCCc1ccc(C(=O)N2Cc3cccnc3C2)cc1.Nc1nc(NCCc2ccc(C(=O)N3Cc4cccnc4C3)cc2)nc2nc(-c3ccco3)nn12. The van der Waals surface area contributed by atoms with Crippen molar-refractivity contribution < 1.29 is 26.8 Å². The number of rotatable bonds is 11. The number of nitrogens with one attached hydrogen (secondary N) is 1. The van der Waals surface area contributed by atoms with E-state index in [0.29, 0.717) is 80.3 Å². The van der Waals surface area contributed by atoms with Gasteiger partial charge in [0.25, 0.3) is 28.5 Å². The second-order valence-corrected chi connectivity index (χ2v) is 18.9. The molecule has 0 aliphatic carbocycles. The monoisotopic (exact) mass is 1010 g/mol. The summed E-state index contributed by atoms with van der Waals surface area (Å²) >= 11 is 0. The third-order valence-corrected chi connectivity index (χ3v) is 12.6. The van der Waals surface area contributed by atoms with Crippen molar-refractivity contribution >= 4 is 51.1 Å². The molecule has 7 N–H and O–H groups in total. The predicted molar refractivity (Wildman–Crippen MR) is 268 cm³/mol. The van der Waals surface area contributed by atoms with Crippen molar-refractivity contribution in [3.8, 4) is 23.2 Å². The summed E-state index contributed by atoms with van der Waals surface area (Å²) in [5.41, 5.74) is 25.0. The molecule has 25 heteroatoms. The van der Waals surface area contributed by atoms with Crippen LogP contribution in [-0.2, 0) is 48.9 Å². The molecule has 0 saturated carbocycles. The van der Waals surface area contributed by atoms with Crippen LogP contribution in [0.2, 0.25) is 0 Å². The topological polar surface area (TPSA) is 329 Å². The molecule has 2 aromatic carbocycles. The number of furan rings is 2. The summed E-state index contributed by atoms with van der Waals surface area (Å²) in [6.07, 6.45) is 9.10. The number of carbonyl (C=O) groups is 2. The first-order valence-electron chi connectivity index (χ1n) is 23.0. The van der Waals surface area contributed by atoms with Crippen LogP contribution in [0.25, 0.3) is 34.7 Å². The summed E-state index contributed by atoms with van der Waals surface area (Å²) in [7, 11) is -3.57. The fourth-order valence-corrected chi connectivity index (χ4v) is 8.53. The number of fused-ring (bicyclic) bond motifs is 4. The second kappa shape index (κ2) is 20.7. The van der Waals surface area contributed by atoms with Crippen LogP contribution in [0.1, 0.15) is 54.4 Å². The maximum Gasteiger partial charge on any atom is 0.259 e. The molecule has 0 saturated heterocycles. The molecule has 12 rings (SSSR count). The summed E-state index contributed by atoms with van der Waals surface area (Å²) in [5.74, 6) is 2.43. The highest BCUT2D eigenvalue weighted by molar-refractivity contribution is 7.90. The van der Waals surface area contributed by atoms with E-state index in [9.17, 15) is 18.0 Å². The van der Waals surface area contributed by atoms with E-state index in [1.807, 2.05) is 82.6 Å². The lowest BCUT2D eigenvalue weighted by Gasteiger charge is -2.15. The quantitative estimate of drug-likeness (QED) is 0.142. The van der Waals surface area contributed by atoms with Crippen molar-refractivity contribution in [1.82, 2.24) is 68.9 Å².